The predicted molar refractivity (Wildman–Crippen MR) is 70.3 cm³/mol. The highest BCUT2D eigenvalue weighted by Gasteiger charge is 2.32. The summed E-state index contributed by atoms with van der Waals surface area (Å²) in [6.45, 7) is 1.90. The van der Waals surface area contributed by atoms with Gasteiger partial charge in [-0.15, -0.1) is 0 Å². The molecule has 1 atom stereocenters. The number of nitrogens with one attached hydrogen (secondary N) is 1. The molecular weight excluding hydrogens is 305 g/mol. The van der Waals surface area contributed by atoms with Crippen molar-refractivity contribution in [1.82, 2.24) is 0 Å². The van der Waals surface area contributed by atoms with Crippen LogP contribution in [0.25, 0.3) is 0 Å². The maximum Gasteiger partial charge on any atom is 0.194 e. The largest absolute Gasteiger partial charge is 0.369 e. The molecule has 0 aliphatic heterocycles. The van der Waals surface area contributed by atoms with Crippen molar-refractivity contribution < 1.29 is 9.47 Å². The third kappa shape index (κ3) is 3.32. The van der Waals surface area contributed by atoms with E-state index < -0.39 is 5.79 Å². The van der Waals surface area contributed by atoms with E-state index in [-0.39, 0.29) is 4.05 Å². The highest BCUT2D eigenvalue weighted by Crippen LogP contribution is 2.24. The van der Waals surface area contributed by atoms with Gasteiger partial charge in [-0.05, 0) is 19.1 Å². The number of anilines is 1. The number of alkyl halides is 1. The number of ether oxygens (including phenoxy) is 2. The summed E-state index contributed by atoms with van der Waals surface area (Å²) in [5.74, 6) is -0.629. The molecule has 1 aromatic carbocycles. The number of hydrogen-bond acceptors (Lipinski definition) is 3. The number of para-hydroxylation sites is 1. The molecule has 0 saturated heterocycles. The molecule has 0 spiro atoms. The Morgan fingerprint density at radius 1 is 1.20 bits per heavy atom. The fraction of sp³-hybridized carbons (Fsp3) is 0.455. The Labute approximate surface area is 104 Å². The number of hydrogen-bond donors (Lipinski definition) is 1. The molecule has 84 valence electrons. The molecule has 0 bridgehead atoms. The van der Waals surface area contributed by atoms with Crippen LogP contribution in [0.3, 0.4) is 0 Å². The summed E-state index contributed by atoms with van der Waals surface area (Å²) in [4.78, 5) is 0. The number of halogens is 1. The Morgan fingerprint density at radius 3 is 2.20 bits per heavy atom. The second-order valence-electron chi connectivity index (χ2n) is 3.30. The Morgan fingerprint density at radius 2 is 1.73 bits per heavy atom. The highest BCUT2D eigenvalue weighted by molar-refractivity contribution is 14.1. The minimum atomic E-state index is -0.629. The first-order chi connectivity index (χ1) is 7.12. The topological polar surface area (TPSA) is 30.5 Å². The minimum Gasteiger partial charge on any atom is -0.369 e. The average Bonchev–Trinajstić information content (AvgIpc) is 2.29. The third-order valence-corrected chi connectivity index (χ3v) is 3.78. The van der Waals surface area contributed by atoms with E-state index in [1.807, 2.05) is 37.3 Å². The molecule has 0 heterocycles. The highest BCUT2D eigenvalue weighted by atomic mass is 127. The van der Waals surface area contributed by atoms with Crippen LogP contribution in [0.5, 0.6) is 0 Å². The molecule has 1 rings (SSSR count). The van der Waals surface area contributed by atoms with Crippen LogP contribution in [0.1, 0.15) is 6.92 Å². The normalized spacial score (nSPS) is 13.6. The Balaban J connectivity index is 2.66. The van der Waals surface area contributed by atoms with Crippen LogP contribution in [0.15, 0.2) is 30.3 Å². The van der Waals surface area contributed by atoms with Gasteiger partial charge in [-0.2, -0.15) is 0 Å². The first-order valence-corrected chi connectivity index (χ1v) is 5.93. The zero-order valence-electron chi connectivity index (χ0n) is 9.16. The van der Waals surface area contributed by atoms with E-state index in [2.05, 4.69) is 27.9 Å². The lowest BCUT2D eigenvalue weighted by Crippen LogP contribution is -2.43. The fourth-order valence-corrected chi connectivity index (χ4v) is 1.97. The van der Waals surface area contributed by atoms with Crippen molar-refractivity contribution in [3.05, 3.63) is 30.3 Å². The third-order valence-electron chi connectivity index (χ3n) is 2.34. The van der Waals surface area contributed by atoms with Crippen molar-refractivity contribution in [3.8, 4) is 0 Å². The molecule has 0 fully saturated rings. The van der Waals surface area contributed by atoms with E-state index >= 15 is 0 Å². The van der Waals surface area contributed by atoms with E-state index in [1.165, 1.54) is 0 Å². The Bertz CT molecular complexity index is 288. The van der Waals surface area contributed by atoms with Crippen molar-refractivity contribution in [1.29, 1.82) is 0 Å². The van der Waals surface area contributed by atoms with Crippen LogP contribution in [0.2, 0.25) is 0 Å². The van der Waals surface area contributed by atoms with Gasteiger partial charge >= 0.3 is 0 Å². The smallest absolute Gasteiger partial charge is 0.194 e. The van der Waals surface area contributed by atoms with Gasteiger partial charge in [0, 0.05) is 19.9 Å². The van der Waals surface area contributed by atoms with E-state index in [0.29, 0.717) is 0 Å². The summed E-state index contributed by atoms with van der Waals surface area (Å²) < 4.78 is 10.7. The molecule has 0 aliphatic rings. The predicted octanol–water partition coefficient (Wildman–Crippen LogP) is 2.87. The molecule has 3 nitrogen and oxygen atoms in total. The second-order valence-corrected chi connectivity index (χ2v) is 4.54. The maximum absolute atomic E-state index is 5.33. The average molecular weight is 321 g/mol. The van der Waals surface area contributed by atoms with Gasteiger partial charge in [0.15, 0.2) is 5.79 Å². The van der Waals surface area contributed by atoms with Gasteiger partial charge in [-0.1, -0.05) is 40.8 Å². The van der Waals surface area contributed by atoms with Crippen LogP contribution in [0, 0.1) is 0 Å². The van der Waals surface area contributed by atoms with E-state index in [9.17, 15) is 0 Å². The van der Waals surface area contributed by atoms with Crippen molar-refractivity contribution in [2.24, 2.45) is 0 Å². The standard InChI is InChI=1S/C11H16INO2/c1-11(14-2,15-3)10(12)13-9-7-5-4-6-8-9/h4-8,10,13H,1-3H3. The van der Waals surface area contributed by atoms with Crippen LogP contribution in [-0.4, -0.2) is 24.1 Å². The number of rotatable bonds is 5. The summed E-state index contributed by atoms with van der Waals surface area (Å²) in [6, 6.07) is 9.99. The molecule has 0 saturated carbocycles. The van der Waals surface area contributed by atoms with E-state index in [4.69, 9.17) is 9.47 Å². The van der Waals surface area contributed by atoms with Gasteiger partial charge < -0.3 is 14.8 Å². The van der Waals surface area contributed by atoms with E-state index in [1.54, 1.807) is 14.2 Å². The molecule has 4 heteroatoms. The summed E-state index contributed by atoms with van der Waals surface area (Å²) in [7, 11) is 3.28. The number of methoxy groups -OCH3 is 2. The molecule has 0 aliphatic carbocycles. The molecule has 15 heavy (non-hydrogen) atoms. The number of benzene rings is 1. The van der Waals surface area contributed by atoms with Crippen LogP contribution in [0.4, 0.5) is 5.69 Å². The van der Waals surface area contributed by atoms with Gasteiger partial charge in [0.1, 0.15) is 4.05 Å². The fourth-order valence-electron chi connectivity index (χ4n) is 1.10. The summed E-state index contributed by atoms with van der Waals surface area (Å²) in [5, 5.41) is 3.32. The van der Waals surface area contributed by atoms with Crippen LogP contribution < -0.4 is 5.32 Å². The second kappa shape index (κ2) is 5.67. The SMILES string of the molecule is COC(C)(OC)C(I)Nc1ccccc1. The molecule has 0 amide bonds. The van der Waals surface area contributed by atoms with Crippen molar-refractivity contribution >= 4 is 28.3 Å². The Hall–Kier alpha value is -0.330. The van der Waals surface area contributed by atoms with Crippen molar-refractivity contribution in [2.75, 3.05) is 19.5 Å². The zero-order chi connectivity index (χ0) is 11.3. The van der Waals surface area contributed by atoms with Gasteiger partial charge in [0.2, 0.25) is 0 Å². The molecule has 0 aromatic heterocycles. The van der Waals surface area contributed by atoms with Gasteiger partial charge in [0.05, 0.1) is 0 Å². The van der Waals surface area contributed by atoms with Crippen molar-refractivity contribution in [2.45, 2.75) is 16.8 Å². The zero-order valence-corrected chi connectivity index (χ0v) is 11.3. The van der Waals surface area contributed by atoms with E-state index in [0.717, 1.165) is 5.69 Å². The molecule has 1 unspecified atom stereocenters. The van der Waals surface area contributed by atoms with Crippen molar-refractivity contribution in [3.63, 3.8) is 0 Å². The molecule has 1 N–H and O–H groups in total. The Kier molecular flexibility index (Phi) is 4.82. The van der Waals surface area contributed by atoms with Crippen LogP contribution >= 0.6 is 22.6 Å². The quantitative estimate of drug-likeness (QED) is 0.391. The molecule has 0 radical (unpaired) electrons. The summed E-state index contributed by atoms with van der Waals surface area (Å²) in [5.41, 5.74) is 1.05. The van der Waals surface area contributed by atoms with Crippen LogP contribution in [-0.2, 0) is 9.47 Å². The lowest BCUT2D eigenvalue weighted by Gasteiger charge is -2.32. The molecular formula is C11H16INO2. The first-order valence-electron chi connectivity index (χ1n) is 4.68. The lowest BCUT2D eigenvalue weighted by atomic mass is 10.3. The van der Waals surface area contributed by atoms with Gasteiger partial charge in [0.25, 0.3) is 0 Å². The minimum absolute atomic E-state index is 0.0347. The van der Waals surface area contributed by atoms with Gasteiger partial charge in [-0.3, -0.25) is 0 Å². The maximum atomic E-state index is 5.33. The lowest BCUT2D eigenvalue weighted by molar-refractivity contribution is -0.186. The van der Waals surface area contributed by atoms with Gasteiger partial charge in [-0.25, -0.2) is 0 Å². The summed E-state index contributed by atoms with van der Waals surface area (Å²) in [6.07, 6.45) is 0. The monoisotopic (exact) mass is 321 g/mol. The molecule has 1 aromatic rings. The first kappa shape index (κ1) is 12.7. The summed E-state index contributed by atoms with van der Waals surface area (Å²) >= 11 is 2.26.